The largest absolute Gasteiger partial charge is 0.450 e. The van der Waals surface area contributed by atoms with E-state index in [4.69, 9.17) is 9.26 Å². The molecular formula is C21H22N4O6S. The van der Waals surface area contributed by atoms with Crippen LogP contribution in [0.5, 0.6) is 11.5 Å². The highest BCUT2D eigenvalue weighted by Gasteiger charge is 2.31. The van der Waals surface area contributed by atoms with Crippen molar-refractivity contribution in [1.29, 1.82) is 0 Å². The number of piperidine rings is 1. The van der Waals surface area contributed by atoms with Crippen LogP contribution >= 0.6 is 0 Å². The highest BCUT2D eigenvalue weighted by Crippen LogP contribution is 2.35. The third-order valence-electron chi connectivity index (χ3n) is 5.25. The first-order chi connectivity index (χ1) is 15.2. The summed E-state index contributed by atoms with van der Waals surface area (Å²) in [6, 6.07) is 10.3. The van der Waals surface area contributed by atoms with Gasteiger partial charge in [-0.2, -0.15) is 9.29 Å². The molecule has 11 heteroatoms. The fourth-order valence-electron chi connectivity index (χ4n) is 3.62. The number of nitro benzene ring substituents is 1. The summed E-state index contributed by atoms with van der Waals surface area (Å²) in [4.78, 5) is 15.0. The van der Waals surface area contributed by atoms with Gasteiger partial charge in [0.1, 0.15) is 5.75 Å². The van der Waals surface area contributed by atoms with Crippen LogP contribution < -0.4 is 4.74 Å². The molecule has 0 spiro atoms. The lowest BCUT2D eigenvalue weighted by Crippen LogP contribution is -2.39. The fourth-order valence-corrected chi connectivity index (χ4v) is 5.23. The molecule has 3 aromatic rings. The number of nitrogens with zero attached hydrogens (tertiary/aromatic N) is 4. The Labute approximate surface area is 185 Å². The van der Waals surface area contributed by atoms with Crippen LogP contribution in [0.25, 0.3) is 11.4 Å². The first-order valence-electron chi connectivity index (χ1n) is 10.1. The molecule has 168 valence electrons. The highest BCUT2D eigenvalue weighted by atomic mass is 32.2. The number of sulfonamides is 1. The minimum Gasteiger partial charge on any atom is -0.450 e. The Bertz CT molecular complexity index is 1240. The predicted octanol–water partition coefficient (Wildman–Crippen LogP) is 4.17. The highest BCUT2D eigenvalue weighted by molar-refractivity contribution is 7.89. The summed E-state index contributed by atoms with van der Waals surface area (Å²) in [5, 5.41) is 15.5. The van der Waals surface area contributed by atoms with Gasteiger partial charge in [0.2, 0.25) is 27.5 Å². The van der Waals surface area contributed by atoms with Crippen LogP contribution in [-0.4, -0.2) is 40.9 Å². The zero-order chi connectivity index (χ0) is 22.9. The first-order valence-corrected chi connectivity index (χ1v) is 11.6. The molecular weight excluding hydrogens is 436 g/mol. The molecule has 10 nitrogen and oxygen atoms in total. The van der Waals surface area contributed by atoms with Crippen LogP contribution in [0.3, 0.4) is 0 Å². The van der Waals surface area contributed by atoms with E-state index in [1.54, 1.807) is 31.2 Å². The Morgan fingerprint density at radius 3 is 2.59 bits per heavy atom. The SMILES string of the molecule is Cc1nc(-c2ccc(Oc3ccc(S(=O)(=O)N4CCC[C@H](C)C4)cc3[N+](=O)[O-])cc2)no1. The summed E-state index contributed by atoms with van der Waals surface area (Å²) >= 11 is 0. The predicted molar refractivity (Wildman–Crippen MR) is 115 cm³/mol. The normalized spacial score (nSPS) is 17.2. The van der Waals surface area contributed by atoms with Gasteiger partial charge in [-0.3, -0.25) is 10.1 Å². The molecule has 0 unspecified atom stereocenters. The van der Waals surface area contributed by atoms with Crippen molar-refractivity contribution < 1.29 is 22.6 Å². The minimum atomic E-state index is -3.82. The summed E-state index contributed by atoms with van der Waals surface area (Å²) in [6.07, 6.45) is 1.73. The number of hydrogen-bond donors (Lipinski definition) is 0. The van der Waals surface area contributed by atoms with E-state index in [1.165, 1.54) is 16.4 Å². The summed E-state index contributed by atoms with van der Waals surface area (Å²) in [7, 11) is -3.82. The number of hydrogen-bond acceptors (Lipinski definition) is 8. The quantitative estimate of drug-likeness (QED) is 0.398. The van der Waals surface area contributed by atoms with Crippen molar-refractivity contribution in [1.82, 2.24) is 14.4 Å². The van der Waals surface area contributed by atoms with E-state index in [2.05, 4.69) is 10.1 Å². The molecule has 0 N–H and O–H groups in total. The molecule has 0 bridgehead atoms. The number of aromatic nitrogens is 2. The van der Waals surface area contributed by atoms with Gasteiger partial charge in [-0.1, -0.05) is 12.1 Å². The monoisotopic (exact) mass is 458 g/mol. The van der Waals surface area contributed by atoms with Crippen LogP contribution in [0.1, 0.15) is 25.7 Å². The Balaban J connectivity index is 1.59. The third-order valence-corrected chi connectivity index (χ3v) is 7.11. The van der Waals surface area contributed by atoms with Crippen LogP contribution in [0.15, 0.2) is 51.9 Å². The number of ether oxygens (including phenoxy) is 1. The van der Waals surface area contributed by atoms with Crippen LogP contribution in [-0.2, 0) is 10.0 Å². The van der Waals surface area contributed by atoms with Gasteiger partial charge >= 0.3 is 5.69 Å². The number of rotatable bonds is 6. The van der Waals surface area contributed by atoms with Gasteiger partial charge < -0.3 is 9.26 Å². The average Bonchev–Trinajstić information content (AvgIpc) is 3.20. The Morgan fingerprint density at radius 1 is 1.22 bits per heavy atom. The van der Waals surface area contributed by atoms with Crippen molar-refractivity contribution in [2.45, 2.75) is 31.6 Å². The maximum absolute atomic E-state index is 13.0. The molecule has 0 amide bonds. The molecule has 0 aliphatic carbocycles. The molecule has 4 rings (SSSR count). The Kier molecular flexibility index (Phi) is 5.94. The zero-order valence-electron chi connectivity index (χ0n) is 17.6. The van der Waals surface area contributed by atoms with E-state index >= 15 is 0 Å². The minimum absolute atomic E-state index is 0.0517. The smallest absolute Gasteiger partial charge is 0.312 e. The first kappa shape index (κ1) is 21.9. The maximum atomic E-state index is 13.0. The maximum Gasteiger partial charge on any atom is 0.312 e. The number of aryl methyl sites for hydroxylation is 1. The van der Waals surface area contributed by atoms with Gasteiger partial charge in [0.15, 0.2) is 0 Å². The standard InChI is InChI=1S/C21H22N4O6S/c1-14-4-3-11-24(13-14)32(28,29)18-9-10-20(19(12-18)25(26)27)30-17-7-5-16(6-8-17)21-22-15(2)31-23-21/h5-10,12,14H,3-4,11,13H2,1-2H3/t14-/m0/s1. The Hall–Kier alpha value is -3.31. The van der Waals surface area contributed by atoms with Crippen molar-refractivity contribution in [3.63, 3.8) is 0 Å². The third kappa shape index (κ3) is 4.48. The van der Waals surface area contributed by atoms with E-state index in [1.807, 2.05) is 6.92 Å². The van der Waals surface area contributed by atoms with Gasteiger partial charge in [0.25, 0.3) is 0 Å². The molecule has 1 aliphatic rings. The summed E-state index contributed by atoms with van der Waals surface area (Å²) in [5.41, 5.74) is 0.273. The van der Waals surface area contributed by atoms with Gasteiger partial charge in [0, 0.05) is 31.6 Å². The van der Waals surface area contributed by atoms with Crippen molar-refractivity contribution in [3.05, 3.63) is 58.5 Å². The molecule has 2 heterocycles. The van der Waals surface area contributed by atoms with E-state index < -0.39 is 20.6 Å². The van der Waals surface area contributed by atoms with Crippen molar-refractivity contribution in [3.8, 4) is 22.9 Å². The molecule has 1 fully saturated rings. The van der Waals surface area contributed by atoms with E-state index in [-0.39, 0.29) is 16.6 Å². The fraction of sp³-hybridized carbons (Fsp3) is 0.333. The topological polar surface area (TPSA) is 129 Å². The molecule has 1 aliphatic heterocycles. The van der Waals surface area contributed by atoms with Crippen LogP contribution in [0, 0.1) is 23.0 Å². The molecule has 32 heavy (non-hydrogen) atoms. The summed E-state index contributed by atoms with van der Waals surface area (Å²) < 4.78 is 38.0. The molecule has 0 radical (unpaired) electrons. The van der Waals surface area contributed by atoms with E-state index in [9.17, 15) is 18.5 Å². The molecule has 1 atom stereocenters. The van der Waals surface area contributed by atoms with Crippen molar-refractivity contribution in [2.75, 3.05) is 13.1 Å². The lowest BCUT2D eigenvalue weighted by atomic mass is 10.0. The van der Waals surface area contributed by atoms with Gasteiger partial charge in [-0.05, 0) is 55.2 Å². The van der Waals surface area contributed by atoms with Gasteiger partial charge in [-0.25, -0.2) is 8.42 Å². The van der Waals surface area contributed by atoms with E-state index in [0.717, 1.165) is 18.9 Å². The Morgan fingerprint density at radius 2 is 1.97 bits per heavy atom. The van der Waals surface area contributed by atoms with E-state index in [0.29, 0.717) is 36.1 Å². The van der Waals surface area contributed by atoms with Crippen LogP contribution in [0.2, 0.25) is 0 Å². The molecule has 2 aromatic carbocycles. The summed E-state index contributed by atoms with van der Waals surface area (Å²) in [5.74, 6) is 1.39. The van der Waals surface area contributed by atoms with Crippen molar-refractivity contribution >= 4 is 15.7 Å². The van der Waals surface area contributed by atoms with Gasteiger partial charge in [-0.15, -0.1) is 0 Å². The number of benzene rings is 2. The second kappa shape index (κ2) is 8.67. The summed E-state index contributed by atoms with van der Waals surface area (Å²) in [6.45, 7) is 4.49. The lowest BCUT2D eigenvalue weighted by molar-refractivity contribution is -0.385. The van der Waals surface area contributed by atoms with Gasteiger partial charge in [0.05, 0.1) is 9.82 Å². The second-order valence-electron chi connectivity index (χ2n) is 7.76. The van der Waals surface area contributed by atoms with Crippen molar-refractivity contribution in [2.24, 2.45) is 5.92 Å². The lowest BCUT2D eigenvalue weighted by Gasteiger charge is -2.30. The molecule has 1 aromatic heterocycles. The number of nitro groups is 1. The van der Waals surface area contributed by atoms with Crippen LogP contribution in [0.4, 0.5) is 5.69 Å². The molecule has 0 saturated carbocycles. The average molecular weight is 458 g/mol. The molecule has 1 saturated heterocycles. The zero-order valence-corrected chi connectivity index (χ0v) is 18.4. The second-order valence-corrected chi connectivity index (χ2v) is 9.70.